The van der Waals surface area contributed by atoms with Gasteiger partial charge in [0.05, 0.1) is 32.8 Å². The Bertz CT molecular complexity index is 1220. The fraction of sp³-hybridized carbons (Fsp3) is 0.333. The number of nitrogens with zero attached hydrogens (tertiary/aromatic N) is 2. The van der Waals surface area contributed by atoms with E-state index in [0.717, 1.165) is 11.1 Å². The van der Waals surface area contributed by atoms with Crippen molar-refractivity contribution < 1.29 is 27.5 Å². The van der Waals surface area contributed by atoms with Crippen LogP contribution in [0.1, 0.15) is 30.5 Å². The molecule has 34 heavy (non-hydrogen) atoms. The van der Waals surface area contributed by atoms with Gasteiger partial charge in [-0.25, -0.2) is 8.42 Å². The second kappa shape index (κ2) is 9.96. The Kier molecular flexibility index (Phi) is 7.01. The van der Waals surface area contributed by atoms with Gasteiger partial charge < -0.3 is 19.7 Å². The summed E-state index contributed by atoms with van der Waals surface area (Å²) in [6, 6.07) is 11.6. The molecule has 0 radical (unpaired) electrons. The Hall–Kier alpha value is -3.21. The summed E-state index contributed by atoms with van der Waals surface area (Å²) in [5.74, 6) is -0.327. The summed E-state index contributed by atoms with van der Waals surface area (Å²) in [5, 5.41) is 2.78. The molecular formula is C24H27N3O6S. The van der Waals surface area contributed by atoms with Crippen LogP contribution in [0, 0.1) is 0 Å². The number of sulfonamides is 1. The van der Waals surface area contributed by atoms with E-state index in [1.807, 2.05) is 30.3 Å². The van der Waals surface area contributed by atoms with Crippen molar-refractivity contribution in [3.63, 3.8) is 0 Å². The van der Waals surface area contributed by atoms with Crippen LogP contribution in [0.3, 0.4) is 0 Å². The molecule has 1 fully saturated rings. The van der Waals surface area contributed by atoms with Crippen LogP contribution in [0.4, 0.5) is 5.69 Å². The van der Waals surface area contributed by atoms with Crippen LogP contribution in [0.15, 0.2) is 53.6 Å². The highest BCUT2D eigenvalue weighted by Gasteiger charge is 2.31. The molecule has 180 valence electrons. The Balaban J connectivity index is 1.57. The van der Waals surface area contributed by atoms with Crippen molar-refractivity contribution >= 4 is 33.6 Å². The second-order valence-electron chi connectivity index (χ2n) is 8.02. The van der Waals surface area contributed by atoms with Crippen LogP contribution >= 0.6 is 0 Å². The molecule has 2 aromatic rings. The molecular weight excluding hydrogens is 458 g/mol. The maximum Gasteiger partial charge on any atom is 0.246 e. The van der Waals surface area contributed by atoms with Crippen molar-refractivity contribution in [1.29, 1.82) is 0 Å². The van der Waals surface area contributed by atoms with Gasteiger partial charge >= 0.3 is 0 Å². The van der Waals surface area contributed by atoms with E-state index in [1.165, 1.54) is 35.4 Å². The lowest BCUT2D eigenvalue weighted by molar-refractivity contribution is -0.129. The molecule has 4 rings (SSSR count). The number of benzene rings is 2. The molecule has 2 aliphatic rings. The van der Waals surface area contributed by atoms with Crippen LogP contribution < -0.4 is 10.1 Å². The third-order valence-corrected chi connectivity index (χ3v) is 7.80. The highest BCUT2D eigenvalue weighted by Crippen LogP contribution is 2.34. The van der Waals surface area contributed by atoms with Gasteiger partial charge in [0.15, 0.2) is 0 Å². The number of morpholine rings is 1. The maximum atomic E-state index is 13.2. The average Bonchev–Trinajstić information content (AvgIpc) is 2.84. The van der Waals surface area contributed by atoms with Gasteiger partial charge in [0.2, 0.25) is 21.8 Å². The molecule has 10 heteroatoms. The van der Waals surface area contributed by atoms with Gasteiger partial charge in [-0.3, -0.25) is 9.59 Å². The van der Waals surface area contributed by atoms with E-state index in [0.29, 0.717) is 18.9 Å². The molecule has 0 aliphatic carbocycles. The van der Waals surface area contributed by atoms with Gasteiger partial charge in [0.1, 0.15) is 10.6 Å². The summed E-state index contributed by atoms with van der Waals surface area (Å²) in [6.45, 7) is 2.59. The lowest BCUT2D eigenvalue weighted by Crippen LogP contribution is -2.40. The molecule has 0 aromatic heterocycles. The summed E-state index contributed by atoms with van der Waals surface area (Å²) in [6.07, 6.45) is 3.54. The minimum absolute atomic E-state index is 0.0124. The van der Waals surface area contributed by atoms with Crippen LogP contribution in [-0.4, -0.2) is 62.9 Å². The van der Waals surface area contributed by atoms with Crippen LogP contribution in [0.25, 0.3) is 6.08 Å². The number of carbonyl (C=O) groups excluding carboxylic acids is 2. The fourth-order valence-electron chi connectivity index (χ4n) is 4.18. The van der Waals surface area contributed by atoms with Gasteiger partial charge in [-0.1, -0.05) is 24.3 Å². The normalized spacial score (nSPS) is 18.3. The van der Waals surface area contributed by atoms with E-state index in [1.54, 1.807) is 12.3 Å². The number of carbonyl (C=O) groups is 2. The number of fused-ring (bicyclic) bond motifs is 1. The SMILES string of the molecule is COc1ccc(NC(=O)C[C@@H]2c3ccccc3C=CN2C(C)=O)cc1S(=O)(=O)N1CCOCC1. The van der Waals surface area contributed by atoms with E-state index in [9.17, 15) is 18.0 Å². The molecule has 0 bridgehead atoms. The van der Waals surface area contributed by atoms with Crippen LogP contribution in [-0.2, 0) is 24.3 Å². The first kappa shape index (κ1) is 23.9. The first-order valence-electron chi connectivity index (χ1n) is 10.9. The number of nitrogens with one attached hydrogen (secondary N) is 1. The topological polar surface area (TPSA) is 105 Å². The van der Waals surface area contributed by atoms with Crippen molar-refractivity contribution in [1.82, 2.24) is 9.21 Å². The van der Waals surface area contributed by atoms with Gasteiger partial charge in [-0.15, -0.1) is 0 Å². The Labute approximate surface area is 199 Å². The number of hydrogen-bond donors (Lipinski definition) is 1. The summed E-state index contributed by atoms with van der Waals surface area (Å²) in [7, 11) is -2.44. The fourth-order valence-corrected chi connectivity index (χ4v) is 5.77. The molecule has 0 saturated carbocycles. The zero-order valence-corrected chi connectivity index (χ0v) is 19.9. The molecule has 0 unspecified atom stereocenters. The molecule has 1 saturated heterocycles. The third-order valence-electron chi connectivity index (χ3n) is 5.88. The monoisotopic (exact) mass is 485 g/mol. The number of anilines is 1. The van der Waals surface area contributed by atoms with Crippen molar-refractivity contribution in [2.45, 2.75) is 24.3 Å². The van der Waals surface area contributed by atoms with Crippen molar-refractivity contribution in [3.05, 3.63) is 59.8 Å². The maximum absolute atomic E-state index is 13.2. The van der Waals surface area contributed by atoms with Crippen molar-refractivity contribution in [3.8, 4) is 5.75 Å². The van der Waals surface area contributed by atoms with Gasteiger partial charge in [-0.05, 0) is 35.4 Å². The standard InChI is InChI=1S/C24H27N3O6S/c1-17(28)27-10-9-18-5-3-4-6-20(18)21(27)16-24(29)25-19-7-8-22(32-2)23(15-19)34(30,31)26-11-13-33-14-12-26/h3-10,15,21H,11-14,16H2,1-2H3,(H,25,29)/t21-/m1/s1. The summed E-state index contributed by atoms with van der Waals surface area (Å²) < 4.78 is 38.3. The quantitative estimate of drug-likeness (QED) is 0.674. The molecule has 2 aromatic carbocycles. The minimum atomic E-state index is -3.84. The minimum Gasteiger partial charge on any atom is -0.495 e. The lowest BCUT2D eigenvalue weighted by atomic mass is 9.93. The number of rotatable bonds is 6. The summed E-state index contributed by atoms with van der Waals surface area (Å²) in [4.78, 5) is 26.7. The lowest BCUT2D eigenvalue weighted by Gasteiger charge is -2.32. The highest BCUT2D eigenvalue weighted by atomic mass is 32.2. The van der Waals surface area contributed by atoms with E-state index in [2.05, 4.69) is 5.32 Å². The Morgan fingerprint density at radius 1 is 1.15 bits per heavy atom. The zero-order chi connectivity index (χ0) is 24.3. The van der Waals surface area contributed by atoms with Gasteiger partial charge in [-0.2, -0.15) is 4.31 Å². The Morgan fingerprint density at radius 3 is 2.59 bits per heavy atom. The summed E-state index contributed by atoms with van der Waals surface area (Å²) in [5.41, 5.74) is 2.15. The van der Waals surface area contributed by atoms with Gasteiger partial charge in [0.25, 0.3) is 0 Å². The number of methoxy groups -OCH3 is 1. The first-order valence-corrected chi connectivity index (χ1v) is 12.4. The molecule has 2 aliphatic heterocycles. The average molecular weight is 486 g/mol. The van der Waals surface area contributed by atoms with E-state index in [4.69, 9.17) is 9.47 Å². The largest absolute Gasteiger partial charge is 0.495 e. The molecule has 2 heterocycles. The first-order chi connectivity index (χ1) is 16.3. The van der Waals surface area contributed by atoms with E-state index >= 15 is 0 Å². The van der Waals surface area contributed by atoms with Crippen LogP contribution in [0.2, 0.25) is 0 Å². The molecule has 1 N–H and O–H groups in total. The molecule has 2 amide bonds. The zero-order valence-electron chi connectivity index (χ0n) is 19.1. The van der Waals surface area contributed by atoms with Crippen molar-refractivity contribution in [2.75, 3.05) is 38.7 Å². The highest BCUT2D eigenvalue weighted by molar-refractivity contribution is 7.89. The molecule has 1 atom stereocenters. The van der Waals surface area contributed by atoms with E-state index < -0.39 is 16.1 Å². The Morgan fingerprint density at radius 2 is 1.88 bits per heavy atom. The van der Waals surface area contributed by atoms with Crippen molar-refractivity contribution in [2.24, 2.45) is 0 Å². The predicted molar refractivity (Wildman–Crippen MR) is 127 cm³/mol. The predicted octanol–water partition coefficient (Wildman–Crippen LogP) is 2.62. The number of amides is 2. The smallest absolute Gasteiger partial charge is 0.246 e. The number of ether oxygens (including phenoxy) is 2. The molecule has 9 nitrogen and oxygen atoms in total. The van der Waals surface area contributed by atoms with Crippen LogP contribution in [0.5, 0.6) is 5.75 Å². The van der Waals surface area contributed by atoms with Gasteiger partial charge in [0, 0.05) is 31.9 Å². The number of hydrogen-bond acceptors (Lipinski definition) is 6. The second-order valence-corrected chi connectivity index (χ2v) is 9.93. The third kappa shape index (κ3) is 4.84. The van der Waals surface area contributed by atoms with E-state index in [-0.39, 0.29) is 42.0 Å². The molecule has 0 spiro atoms. The summed E-state index contributed by atoms with van der Waals surface area (Å²) >= 11 is 0.